The van der Waals surface area contributed by atoms with Crippen molar-refractivity contribution in [2.45, 2.75) is 177 Å². The van der Waals surface area contributed by atoms with Crippen LogP contribution in [0.3, 0.4) is 0 Å². The standard InChI is InChI=1S/C20H23N5OS.C19H25N3O2S.2C19H25N3OS.C18H21F2N3OS/c1-14(26)24-20-23-12-17(27-20)13-25-8-4-15(5-9-25)10-16-2-3-18-19(11-16)22-7-6-21-18;1-14(23)21-19-20-12-18(25-19)13-22-9-7-16(8-10-22)11-15-3-5-17(24-2)6-4-15;1-14-3-5-16(6-4-14)11-17-7-9-22(10-8-17)13-18-12-20-19(24-18)21-15(2)23;1-15(23)20-19-21-18(14-24-19)13-22-11-9-17(10-12-22)8-7-16-5-3-2-4-6-16;1-12(24)22-18-21-10-17(25-18)11-23-4-2-13(3-5-23)6-14-7-15(19)9-16(20)8-14/h2-3,6-7,11-12,15H,4-5,8-10,13H2,1H3,(H,23,24,26);3-6,12,16H,7-11,13H2,1-2H3,(H,20,21,23);3-6,12,17H,7-11,13H2,1-2H3,(H,20,21,23);2-6,14,17H,7-13H2,1H3,(H,20,21,23);7-10,13H,2-6,11H2,1H3,(H,21,22,24). The normalized spacial score (nSPS) is 16.1. The van der Waals surface area contributed by atoms with Gasteiger partial charge in [0.15, 0.2) is 25.7 Å². The van der Waals surface area contributed by atoms with Crippen LogP contribution in [0.15, 0.2) is 158 Å². The zero-order chi connectivity index (χ0) is 87.8. The summed E-state index contributed by atoms with van der Waals surface area (Å²) < 4.78 is 31.8. The Hall–Kier alpha value is -9.60. The van der Waals surface area contributed by atoms with Crippen molar-refractivity contribution in [2.24, 2.45) is 29.6 Å². The largest absolute Gasteiger partial charge is 0.497 e. The van der Waals surface area contributed by atoms with Crippen molar-refractivity contribution in [1.29, 1.82) is 0 Å². The number of aromatic nitrogens is 7. The Morgan fingerprint density at radius 1 is 0.384 bits per heavy atom. The number of amides is 5. The third kappa shape index (κ3) is 33.3. The molecule has 0 radical (unpaired) electrons. The number of carbonyl (C=O) groups is 5. The van der Waals surface area contributed by atoms with Gasteiger partial charge in [-0.25, -0.2) is 33.7 Å². The number of piperidine rings is 5. The summed E-state index contributed by atoms with van der Waals surface area (Å²) in [6.07, 6.45) is 29.5. The van der Waals surface area contributed by atoms with E-state index in [4.69, 9.17) is 4.74 Å². The van der Waals surface area contributed by atoms with E-state index in [1.807, 2.05) is 36.1 Å². The number of methoxy groups -OCH3 is 1. The van der Waals surface area contributed by atoms with Crippen molar-refractivity contribution < 1.29 is 37.5 Å². The van der Waals surface area contributed by atoms with Crippen molar-refractivity contribution in [3.05, 3.63) is 228 Å². The number of fused-ring (bicyclic) bond motifs is 1. The van der Waals surface area contributed by atoms with E-state index in [0.29, 0.717) is 37.5 Å². The molecule has 23 nitrogen and oxygen atoms in total. The van der Waals surface area contributed by atoms with E-state index in [1.54, 1.807) is 59.7 Å². The summed E-state index contributed by atoms with van der Waals surface area (Å²) in [6.45, 7) is 25.1. The molecule has 16 rings (SSSR count). The fourth-order valence-electron chi connectivity index (χ4n) is 16.6. The van der Waals surface area contributed by atoms with E-state index >= 15 is 0 Å². The number of anilines is 5. The lowest BCUT2D eigenvalue weighted by Gasteiger charge is -2.31. The number of aryl methyl sites for hydroxylation is 2. The average Bonchev–Trinajstić information content (AvgIpc) is 1.71. The molecule has 0 spiro atoms. The Balaban J connectivity index is 0.000000142. The van der Waals surface area contributed by atoms with Gasteiger partial charge in [0.2, 0.25) is 29.5 Å². The fourth-order valence-corrected chi connectivity index (χ4v) is 20.9. The summed E-state index contributed by atoms with van der Waals surface area (Å²) in [7, 11) is 1.70. The second-order valence-corrected chi connectivity index (χ2v) is 38.8. The lowest BCUT2D eigenvalue weighted by Crippen LogP contribution is -2.33. The molecule has 6 aromatic heterocycles. The van der Waals surface area contributed by atoms with Crippen LogP contribution < -0.4 is 31.3 Å². The van der Waals surface area contributed by atoms with Crippen LogP contribution in [0.25, 0.3) is 11.0 Å². The molecule has 5 saturated heterocycles. The Kier molecular flexibility index (Phi) is 37.0. The van der Waals surface area contributed by atoms with Crippen LogP contribution >= 0.6 is 56.7 Å². The van der Waals surface area contributed by atoms with E-state index in [0.717, 1.165) is 187 Å². The molecule has 0 saturated carbocycles. The zero-order valence-electron chi connectivity index (χ0n) is 72.9. The second-order valence-electron chi connectivity index (χ2n) is 33.5. The van der Waals surface area contributed by atoms with E-state index < -0.39 is 11.6 Å². The lowest BCUT2D eigenvalue weighted by molar-refractivity contribution is -0.115. The molecule has 5 fully saturated rings. The second kappa shape index (κ2) is 48.9. The number of rotatable bonds is 27. The van der Waals surface area contributed by atoms with Crippen LogP contribution in [0.4, 0.5) is 34.4 Å². The number of hydrogen-bond acceptors (Lipinski definition) is 23. The molecular weight excluding hydrogens is 1670 g/mol. The molecule has 664 valence electrons. The molecule has 30 heteroatoms. The summed E-state index contributed by atoms with van der Waals surface area (Å²) in [4.78, 5) is 103. The highest BCUT2D eigenvalue weighted by molar-refractivity contribution is 7.16. The maximum absolute atomic E-state index is 13.3. The van der Waals surface area contributed by atoms with Gasteiger partial charge in [-0.2, -0.15) is 0 Å². The van der Waals surface area contributed by atoms with Gasteiger partial charge in [0, 0.05) is 135 Å². The van der Waals surface area contributed by atoms with Crippen molar-refractivity contribution in [1.82, 2.24) is 59.4 Å². The summed E-state index contributed by atoms with van der Waals surface area (Å²) in [5.74, 6) is 3.07. The summed E-state index contributed by atoms with van der Waals surface area (Å²) in [5, 5.41) is 19.2. The average molecular weight is 1790 g/mol. The van der Waals surface area contributed by atoms with Gasteiger partial charge in [-0.3, -0.25) is 58.4 Å². The fraction of sp³-hybridized carbons (Fsp3) is 0.453. The molecule has 5 aliphatic rings. The third-order valence-corrected chi connectivity index (χ3v) is 27.5. The van der Waals surface area contributed by atoms with E-state index in [2.05, 4.69) is 178 Å². The number of nitrogens with zero attached hydrogens (tertiary/aromatic N) is 12. The first-order valence-corrected chi connectivity index (χ1v) is 47.8. The highest BCUT2D eigenvalue weighted by Gasteiger charge is 2.27. The number of halogens is 2. The Morgan fingerprint density at radius 3 is 1.14 bits per heavy atom. The molecule has 0 aliphatic carbocycles. The van der Waals surface area contributed by atoms with Crippen molar-refractivity contribution in [3.8, 4) is 5.75 Å². The summed E-state index contributed by atoms with van der Waals surface area (Å²) in [6, 6.07) is 38.4. The Bertz CT molecular complexity index is 5140. The molecule has 0 bridgehead atoms. The Morgan fingerprint density at radius 2 is 0.736 bits per heavy atom. The topological polar surface area (TPSA) is 261 Å². The minimum absolute atomic E-state index is 0.0601. The van der Waals surface area contributed by atoms with Gasteiger partial charge < -0.3 is 31.3 Å². The number of nitrogens with one attached hydrogen (secondary N) is 5. The Labute approximate surface area is 754 Å². The van der Waals surface area contributed by atoms with Crippen molar-refractivity contribution in [2.75, 3.05) is 99.1 Å². The van der Waals surface area contributed by atoms with Crippen molar-refractivity contribution in [3.63, 3.8) is 0 Å². The van der Waals surface area contributed by atoms with E-state index in [1.165, 1.54) is 183 Å². The quantitative estimate of drug-likeness (QED) is 0.0320. The maximum Gasteiger partial charge on any atom is 0.223 e. The smallest absolute Gasteiger partial charge is 0.223 e. The van der Waals surface area contributed by atoms with Gasteiger partial charge in [0.1, 0.15) is 17.4 Å². The maximum atomic E-state index is 13.3. The number of benzene rings is 5. The first kappa shape index (κ1) is 94.5. The number of hydrogen-bond donors (Lipinski definition) is 5. The molecule has 125 heavy (non-hydrogen) atoms. The summed E-state index contributed by atoms with van der Waals surface area (Å²) in [5.41, 5.74) is 10.7. The predicted molar refractivity (Wildman–Crippen MR) is 502 cm³/mol. The molecule has 0 atom stereocenters. The molecule has 5 N–H and O–H groups in total. The highest BCUT2D eigenvalue weighted by atomic mass is 32.1. The molecule has 11 heterocycles. The number of carbonyl (C=O) groups excluding carboxylic acids is 5. The molecule has 11 aromatic rings. The van der Waals surface area contributed by atoms with Crippen molar-refractivity contribution >= 4 is 123 Å². The van der Waals surface area contributed by atoms with Gasteiger partial charge in [-0.05, 0) is 269 Å². The first-order chi connectivity index (χ1) is 60.5. The van der Waals surface area contributed by atoms with Gasteiger partial charge >= 0.3 is 0 Å². The van der Waals surface area contributed by atoms with Crippen LogP contribution in [0.5, 0.6) is 5.75 Å². The van der Waals surface area contributed by atoms with Gasteiger partial charge in [-0.1, -0.05) is 78.4 Å². The van der Waals surface area contributed by atoms with E-state index in [-0.39, 0.29) is 29.5 Å². The van der Waals surface area contributed by atoms with Gasteiger partial charge in [0.05, 0.1) is 23.8 Å². The predicted octanol–water partition coefficient (Wildman–Crippen LogP) is 18.7. The molecule has 0 unspecified atom stereocenters. The van der Waals surface area contributed by atoms with Crippen LogP contribution in [0, 0.1) is 48.1 Å². The molecule has 5 amide bonds. The van der Waals surface area contributed by atoms with Crippen LogP contribution in [0.2, 0.25) is 0 Å². The van der Waals surface area contributed by atoms with Gasteiger partial charge in [-0.15, -0.1) is 56.7 Å². The van der Waals surface area contributed by atoms with Crippen LogP contribution in [-0.4, -0.2) is 161 Å². The van der Waals surface area contributed by atoms with Gasteiger partial charge in [0.25, 0.3) is 0 Å². The molecular formula is C95H119F2N17O6S5. The minimum atomic E-state index is -0.507. The SMILES string of the molecule is CC(=O)Nc1nc(CN2CCC(CCc3ccccc3)CC2)cs1.CC(=O)Nc1ncc(CN2CCC(Cc3cc(F)cc(F)c3)CC2)s1.CC(=O)Nc1ncc(CN2CCC(Cc3ccc(C)cc3)CC2)s1.CC(=O)Nc1ncc(CN2CCC(Cc3ccc4nccnc4c3)CC2)s1.COc1ccc(CC2CCN(Cc3cnc(NC(C)=O)s3)CC2)cc1. The van der Waals surface area contributed by atoms with E-state index in [9.17, 15) is 32.8 Å². The lowest BCUT2D eigenvalue weighted by atomic mass is 9.90. The zero-order valence-corrected chi connectivity index (χ0v) is 77.0. The number of thiazole rings is 5. The first-order valence-electron chi connectivity index (χ1n) is 43.6. The van der Waals surface area contributed by atoms with Crippen LogP contribution in [0.1, 0.15) is 164 Å². The summed E-state index contributed by atoms with van der Waals surface area (Å²) >= 11 is 7.70. The minimum Gasteiger partial charge on any atom is -0.497 e. The highest BCUT2D eigenvalue weighted by Crippen LogP contribution is 2.33. The monoisotopic (exact) mass is 1790 g/mol. The number of likely N-dealkylation sites (tertiary alicyclic amines) is 5. The van der Waals surface area contributed by atoms with Crippen LogP contribution in [-0.2, 0) is 88.8 Å². The molecule has 5 aromatic carbocycles. The molecule has 5 aliphatic heterocycles. The number of ether oxygens (including phenoxy) is 1. The third-order valence-electron chi connectivity index (χ3n) is 23.1.